The van der Waals surface area contributed by atoms with Crippen molar-refractivity contribution in [3.8, 4) is 0 Å². The zero-order chi connectivity index (χ0) is 9.73. The molecule has 0 spiro atoms. The monoisotopic (exact) mass is 206 g/mol. The van der Waals surface area contributed by atoms with Gasteiger partial charge >= 0.3 is 8.56 Å². The van der Waals surface area contributed by atoms with Crippen LogP contribution in [0.1, 0.15) is 6.42 Å². The highest BCUT2D eigenvalue weighted by molar-refractivity contribution is 6.65. The Bertz CT molecular complexity index is 145. The van der Waals surface area contributed by atoms with Crippen molar-refractivity contribution in [3.05, 3.63) is 0 Å². The lowest BCUT2D eigenvalue weighted by Gasteiger charge is -2.22. The Balaban J connectivity index is 2.01. The number of hydrogen-bond donors (Lipinski definition) is 0. The summed E-state index contributed by atoms with van der Waals surface area (Å²) in [5, 5.41) is 0. The molecule has 0 saturated carbocycles. The molecule has 1 aliphatic rings. The van der Waals surface area contributed by atoms with Crippen LogP contribution in [-0.2, 0) is 18.3 Å². The number of rotatable bonds is 7. The van der Waals surface area contributed by atoms with Crippen molar-refractivity contribution in [2.45, 2.75) is 25.3 Å². The van der Waals surface area contributed by atoms with Gasteiger partial charge in [0.1, 0.15) is 6.61 Å². The zero-order valence-corrected chi connectivity index (χ0v) is 9.54. The van der Waals surface area contributed by atoms with Gasteiger partial charge in [-0.2, -0.15) is 0 Å². The van der Waals surface area contributed by atoms with Crippen molar-refractivity contribution in [2.24, 2.45) is 0 Å². The molecule has 0 aromatic rings. The molecule has 0 amide bonds. The molecule has 0 radical (unpaired) electrons. The maximum atomic E-state index is 5.34. The van der Waals surface area contributed by atoms with Crippen LogP contribution in [-0.4, -0.2) is 42.3 Å². The van der Waals surface area contributed by atoms with Crippen LogP contribution in [0.4, 0.5) is 0 Å². The first-order valence-corrected chi connectivity index (χ1v) is 7.06. The van der Waals surface area contributed by atoms with Gasteiger partial charge in [-0.05, 0) is 19.0 Å². The van der Waals surface area contributed by atoms with Gasteiger partial charge in [-0.25, -0.2) is 0 Å². The van der Waals surface area contributed by atoms with Crippen LogP contribution < -0.4 is 0 Å². The molecule has 5 heteroatoms. The Morgan fingerprint density at radius 2 is 2.00 bits per heavy atom. The van der Waals surface area contributed by atoms with Crippen molar-refractivity contribution in [1.82, 2.24) is 0 Å². The minimum atomic E-state index is -1.87. The van der Waals surface area contributed by atoms with Gasteiger partial charge in [0.05, 0.1) is 0 Å². The first-order valence-electron chi connectivity index (χ1n) is 4.54. The summed E-state index contributed by atoms with van der Waals surface area (Å²) in [6, 6.07) is 0.965. The second kappa shape index (κ2) is 5.07. The molecule has 0 aromatic carbocycles. The standard InChI is InChI=1S/C8H18O4Si/c1-9-13(3,10-2)6-4-5-11-8-7-12-8/h8H,4-7H2,1-3H3. The summed E-state index contributed by atoms with van der Waals surface area (Å²) in [6.45, 7) is 3.55. The summed E-state index contributed by atoms with van der Waals surface area (Å²) in [4.78, 5) is 0. The molecular weight excluding hydrogens is 188 g/mol. The highest BCUT2D eigenvalue weighted by Gasteiger charge is 2.28. The van der Waals surface area contributed by atoms with Gasteiger partial charge < -0.3 is 18.3 Å². The Morgan fingerprint density at radius 1 is 1.38 bits per heavy atom. The van der Waals surface area contributed by atoms with Gasteiger partial charge in [0, 0.05) is 20.8 Å². The molecule has 1 saturated heterocycles. The maximum absolute atomic E-state index is 5.34. The summed E-state index contributed by atoms with van der Waals surface area (Å²) < 4.78 is 20.9. The molecule has 1 fully saturated rings. The van der Waals surface area contributed by atoms with E-state index < -0.39 is 8.56 Å². The van der Waals surface area contributed by atoms with E-state index in [0.717, 1.165) is 25.7 Å². The Hall–Kier alpha value is 0.0569. The lowest BCUT2D eigenvalue weighted by atomic mass is 10.5. The predicted molar refractivity (Wildman–Crippen MR) is 50.8 cm³/mol. The van der Waals surface area contributed by atoms with Gasteiger partial charge in [0.25, 0.3) is 0 Å². The molecule has 13 heavy (non-hydrogen) atoms. The quantitative estimate of drug-likeness (QED) is 0.355. The fraction of sp³-hybridized carbons (Fsp3) is 1.00. The van der Waals surface area contributed by atoms with Crippen LogP contribution in [0, 0.1) is 0 Å². The van der Waals surface area contributed by atoms with E-state index >= 15 is 0 Å². The lowest BCUT2D eigenvalue weighted by molar-refractivity contribution is 0.0496. The highest BCUT2D eigenvalue weighted by atomic mass is 28.4. The van der Waals surface area contributed by atoms with Crippen LogP contribution in [0.15, 0.2) is 0 Å². The number of hydrogen-bond acceptors (Lipinski definition) is 4. The average Bonchev–Trinajstić information content (AvgIpc) is 2.96. The second-order valence-electron chi connectivity index (χ2n) is 3.28. The normalized spacial score (nSPS) is 21.9. The first kappa shape index (κ1) is 11.1. The molecule has 1 atom stereocenters. The molecule has 1 unspecified atom stereocenters. The number of ether oxygens (including phenoxy) is 2. The van der Waals surface area contributed by atoms with E-state index in [2.05, 4.69) is 6.55 Å². The maximum Gasteiger partial charge on any atom is 0.334 e. The molecule has 0 aliphatic carbocycles. The van der Waals surface area contributed by atoms with E-state index in [1.165, 1.54) is 0 Å². The van der Waals surface area contributed by atoms with Crippen molar-refractivity contribution < 1.29 is 18.3 Å². The lowest BCUT2D eigenvalue weighted by Crippen LogP contribution is -2.36. The van der Waals surface area contributed by atoms with Crippen LogP contribution in [0.25, 0.3) is 0 Å². The Labute approximate surface area is 80.4 Å². The molecule has 0 aromatic heterocycles. The predicted octanol–water partition coefficient (Wildman–Crippen LogP) is 1.11. The summed E-state index contributed by atoms with van der Waals surface area (Å²) in [5.74, 6) is 0. The van der Waals surface area contributed by atoms with Crippen molar-refractivity contribution in [2.75, 3.05) is 27.4 Å². The van der Waals surface area contributed by atoms with Gasteiger partial charge in [0.15, 0.2) is 6.29 Å². The molecule has 1 rings (SSSR count). The molecule has 1 aliphatic heterocycles. The summed E-state index contributed by atoms with van der Waals surface area (Å²) in [7, 11) is 1.55. The number of epoxide rings is 1. The molecule has 0 N–H and O–H groups in total. The fourth-order valence-corrected chi connectivity index (χ4v) is 2.39. The minimum Gasteiger partial charge on any atom is -0.398 e. The van der Waals surface area contributed by atoms with E-state index in [1.807, 2.05) is 0 Å². The molecule has 0 bridgehead atoms. The van der Waals surface area contributed by atoms with Gasteiger partial charge in [-0.1, -0.05) is 0 Å². The largest absolute Gasteiger partial charge is 0.398 e. The summed E-state index contributed by atoms with van der Waals surface area (Å²) in [6.07, 6.45) is 1.04. The van der Waals surface area contributed by atoms with Crippen LogP contribution >= 0.6 is 0 Å². The summed E-state index contributed by atoms with van der Waals surface area (Å²) >= 11 is 0. The molecule has 4 nitrogen and oxygen atoms in total. The zero-order valence-electron chi connectivity index (χ0n) is 8.54. The van der Waals surface area contributed by atoms with Crippen molar-refractivity contribution >= 4 is 8.56 Å². The third-order valence-corrected chi connectivity index (χ3v) is 5.23. The molecule has 1 heterocycles. The van der Waals surface area contributed by atoms with Gasteiger partial charge in [-0.15, -0.1) is 0 Å². The van der Waals surface area contributed by atoms with E-state index in [-0.39, 0.29) is 6.29 Å². The third-order valence-electron chi connectivity index (χ3n) is 2.25. The van der Waals surface area contributed by atoms with E-state index in [1.54, 1.807) is 14.2 Å². The van der Waals surface area contributed by atoms with Gasteiger partial charge in [-0.3, -0.25) is 0 Å². The average molecular weight is 206 g/mol. The smallest absolute Gasteiger partial charge is 0.334 e. The van der Waals surface area contributed by atoms with E-state index in [0.29, 0.717) is 0 Å². The topological polar surface area (TPSA) is 40.2 Å². The SMILES string of the molecule is CO[Si](C)(CCCOC1CO1)OC. The van der Waals surface area contributed by atoms with Crippen molar-refractivity contribution in [1.29, 1.82) is 0 Å². The van der Waals surface area contributed by atoms with Gasteiger partial charge in [0.2, 0.25) is 0 Å². The Morgan fingerprint density at radius 3 is 2.46 bits per heavy atom. The van der Waals surface area contributed by atoms with Crippen molar-refractivity contribution in [3.63, 3.8) is 0 Å². The Kier molecular flexibility index (Phi) is 4.34. The summed E-state index contributed by atoms with van der Waals surface area (Å²) in [5.41, 5.74) is 0. The van der Waals surface area contributed by atoms with Crippen LogP contribution in [0.2, 0.25) is 12.6 Å². The fourth-order valence-electron chi connectivity index (χ4n) is 1.03. The third kappa shape index (κ3) is 4.19. The minimum absolute atomic E-state index is 0.0676. The second-order valence-corrected chi connectivity index (χ2v) is 6.86. The molecular formula is C8H18O4Si. The van der Waals surface area contributed by atoms with Crippen LogP contribution in [0.3, 0.4) is 0 Å². The van der Waals surface area contributed by atoms with E-state index in [9.17, 15) is 0 Å². The van der Waals surface area contributed by atoms with E-state index in [4.69, 9.17) is 18.3 Å². The highest BCUT2D eigenvalue weighted by Crippen LogP contribution is 2.16. The van der Waals surface area contributed by atoms with Crippen LogP contribution in [0.5, 0.6) is 0 Å². The first-order chi connectivity index (χ1) is 6.20. The molecule has 78 valence electrons.